The molecule has 4 heterocycles. The molecule has 0 bridgehead atoms. The highest BCUT2D eigenvalue weighted by Crippen LogP contribution is 2.32. The number of nitrogens with zero attached hydrogens (tertiary/aromatic N) is 6. The predicted octanol–water partition coefficient (Wildman–Crippen LogP) is -0.697. The second-order valence-electron chi connectivity index (χ2n) is 8.05. The molecule has 0 unspecified atom stereocenters. The van der Waals surface area contributed by atoms with Gasteiger partial charge in [-0.3, -0.25) is 4.57 Å². The van der Waals surface area contributed by atoms with E-state index in [9.17, 15) is 15.3 Å². The number of benzene rings is 1. The van der Waals surface area contributed by atoms with Gasteiger partial charge in [0, 0.05) is 18.8 Å². The van der Waals surface area contributed by atoms with Gasteiger partial charge in [-0.2, -0.15) is 15.1 Å². The molecule has 2 fully saturated rings. The van der Waals surface area contributed by atoms with Crippen LogP contribution < -0.4 is 16.1 Å². The number of rotatable bonds is 6. The number of aliphatic hydroxyl groups excluding tert-OH is 3. The Bertz CT molecular complexity index is 1160. The van der Waals surface area contributed by atoms with E-state index < -0.39 is 31.1 Å². The van der Waals surface area contributed by atoms with E-state index in [1.54, 1.807) is 6.21 Å². The number of anilines is 3. The molecular formula is C21H26N8O5. The van der Waals surface area contributed by atoms with Crippen LogP contribution in [0.1, 0.15) is 11.8 Å². The van der Waals surface area contributed by atoms with E-state index in [-0.39, 0.29) is 17.4 Å². The summed E-state index contributed by atoms with van der Waals surface area (Å²) < 4.78 is 12.4. The Morgan fingerprint density at radius 1 is 1.15 bits per heavy atom. The fourth-order valence-corrected chi connectivity index (χ4v) is 4.04. The molecule has 5 rings (SSSR count). The van der Waals surface area contributed by atoms with Crippen molar-refractivity contribution < 1.29 is 24.8 Å². The number of fused-ring (bicyclic) bond motifs is 1. The van der Waals surface area contributed by atoms with Crippen LogP contribution in [0.4, 0.5) is 17.5 Å². The van der Waals surface area contributed by atoms with Gasteiger partial charge in [-0.15, -0.1) is 0 Å². The molecule has 34 heavy (non-hydrogen) atoms. The Morgan fingerprint density at radius 2 is 1.91 bits per heavy atom. The molecule has 0 aliphatic carbocycles. The lowest BCUT2D eigenvalue weighted by atomic mass is 10.1. The molecule has 3 aromatic rings. The van der Waals surface area contributed by atoms with Crippen molar-refractivity contribution in [3.05, 3.63) is 36.2 Å². The van der Waals surface area contributed by atoms with Crippen molar-refractivity contribution in [2.45, 2.75) is 24.5 Å². The van der Waals surface area contributed by atoms with Gasteiger partial charge in [0.15, 0.2) is 17.7 Å². The highest BCUT2D eigenvalue weighted by atomic mass is 16.6. The summed E-state index contributed by atoms with van der Waals surface area (Å²) in [6.07, 6.45) is -1.42. The molecule has 13 nitrogen and oxygen atoms in total. The van der Waals surface area contributed by atoms with Crippen molar-refractivity contribution in [1.82, 2.24) is 19.5 Å². The van der Waals surface area contributed by atoms with Crippen LogP contribution in [0.2, 0.25) is 0 Å². The predicted molar refractivity (Wildman–Crippen MR) is 123 cm³/mol. The third-order valence-electron chi connectivity index (χ3n) is 5.89. The standard InChI is InChI=1S/C21H26N8O5/c22-18-15-19(29(11-23-15)20-17(32)16(31)14(10-30)34-20)26-21(25-18)27-24-9-12-1-3-13(4-2-12)28-5-7-33-8-6-28/h1-4,9,11,14,16-17,20,30-32H,5-8,10H2,(H3,22,25,26,27)/b24-9+/t14-,16-,17-,20-/m1/s1. The molecule has 4 atom stereocenters. The Hall–Kier alpha value is -3.36. The molecule has 2 aromatic heterocycles. The number of hydrazone groups is 1. The second-order valence-corrected chi connectivity index (χ2v) is 8.05. The number of morpholine rings is 1. The normalized spacial score (nSPS) is 25.4. The molecule has 180 valence electrons. The fraction of sp³-hybridized carbons (Fsp3) is 0.429. The Morgan fingerprint density at radius 3 is 2.62 bits per heavy atom. The average molecular weight is 470 g/mol. The number of nitrogens with two attached hydrogens (primary N) is 1. The van der Waals surface area contributed by atoms with E-state index in [1.807, 2.05) is 24.3 Å². The van der Waals surface area contributed by atoms with Crippen LogP contribution in [0.15, 0.2) is 35.7 Å². The molecule has 0 saturated carbocycles. The topological polar surface area (TPSA) is 176 Å². The van der Waals surface area contributed by atoms with Gasteiger partial charge >= 0.3 is 0 Å². The first-order valence-corrected chi connectivity index (χ1v) is 10.9. The highest BCUT2D eigenvalue weighted by molar-refractivity contribution is 5.83. The third kappa shape index (κ3) is 4.26. The summed E-state index contributed by atoms with van der Waals surface area (Å²) >= 11 is 0. The molecular weight excluding hydrogens is 444 g/mol. The zero-order valence-electron chi connectivity index (χ0n) is 18.2. The van der Waals surface area contributed by atoms with E-state index in [0.29, 0.717) is 5.52 Å². The van der Waals surface area contributed by atoms with Gasteiger partial charge in [0.1, 0.15) is 23.8 Å². The van der Waals surface area contributed by atoms with E-state index in [1.165, 1.54) is 10.9 Å². The lowest BCUT2D eigenvalue weighted by Gasteiger charge is -2.28. The van der Waals surface area contributed by atoms with Crippen LogP contribution in [0.5, 0.6) is 0 Å². The number of imidazole rings is 1. The number of aromatic nitrogens is 4. The number of hydrogen-bond donors (Lipinski definition) is 5. The van der Waals surface area contributed by atoms with Crippen LogP contribution in [-0.4, -0.2) is 92.3 Å². The maximum Gasteiger partial charge on any atom is 0.247 e. The lowest BCUT2D eigenvalue weighted by molar-refractivity contribution is -0.0511. The van der Waals surface area contributed by atoms with Crippen molar-refractivity contribution in [2.75, 3.05) is 49.0 Å². The van der Waals surface area contributed by atoms with E-state index >= 15 is 0 Å². The minimum atomic E-state index is -1.28. The first kappa shape index (κ1) is 22.4. The Balaban J connectivity index is 1.31. The smallest absolute Gasteiger partial charge is 0.247 e. The summed E-state index contributed by atoms with van der Waals surface area (Å²) in [6.45, 7) is 2.76. The molecule has 2 aliphatic rings. The van der Waals surface area contributed by atoms with Crippen LogP contribution >= 0.6 is 0 Å². The van der Waals surface area contributed by atoms with Gasteiger partial charge in [0.2, 0.25) is 5.95 Å². The van der Waals surface area contributed by atoms with Crippen molar-refractivity contribution in [1.29, 1.82) is 0 Å². The first-order chi connectivity index (χ1) is 16.5. The number of nitrogen functional groups attached to an aromatic ring is 1. The van der Waals surface area contributed by atoms with Crippen LogP contribution in [0.25, 0.3) is 11.2 Å². The third-order valence-corrected chi connectivity index (χ3v) is 5.89. The van der Waals surface area contributed by atoms with Crippen molar-refractivity contribution >= 4 is 34.8 Å². The van der Waals surface area contributed by atoms with Gasteiger partial charge < -0.3 is 35.4 Å². The number of ether oxygens (including phenoxy) is 2. The van der Waals surface area contributed by atoms with E-state index in [0.717, 1.165) is 37.6 Å². The van der Waals surface area contributed by atoms with Crippen LogP contribution in [0.3, 0.4) is 0 Å². The molecule has 0 spiro atoms. The number of hydrogen-bond acceptors (Lipinski definition) is 12. The van der Waals surface area contributed by atoms with Gasteiger partial charge in [0.05, 0.1) is 32.4 Å². The maximum absolute atomic E-state index is 10.3. The number of aliphatic hydroxyl groups is 3. The molecule has 0 amide bonds. The summed E-state index contributed by atoms with van der Waals surface area (Å²) in [5, 5.41) is 33.9. The molecule has 2 saturated heterocycles. The Kier molecular flexibility index (Phi) is 6.26. The van der Waals surface area contributed by atoms with Gasteiger partial charge in [0.25, 0.3) is 0 Å². The molecule has 1 aromatic carbocycles. The van der Waals surface area contributed by atoms with E-state index in [4.69, 9.17) is 15.2 Å². The van der Waals surface area contributed by atoms with Gasteiger partial charge in [-0.1, -0.05) is 12.1 Å². The van der Waals surface area contributed by atoms with Crippen LogP contribution in [-0.2, 0) is 9.47 Å². The lowest BCUT2D eigenvalue weighted by Crippen LogP contribution is -2.36. The summed E-state index contributed by atoms with van der Waals surface area (Å²) in [5.74, 6) is 0.239. The van der Waals surface area contributed by atoms with Crippen molar-refractivity contribution in [3.63, 3.8) is 0 Å². The molecule has 6 N–H and O–H groups in total. The Labute approximate surface area is 194 Å². The largest absolute Gasteiger partial charge is 0.394 e. The first-order valence-electron chi connectivity index (χ1n) is 10.9. The summed E-state index contributed by atoms with van der Waals surface area (Å²) in [4.78, 5) is 15.0. The maximum atomic E-state index is 10.3. The molecule has 2 aliphatic heterocycles. The average Bonchev–Trinajstić information content (AvgIpc) is 3.41. The summed E-state index contributed by atoms with van der Waals surface area (Å²) in [7, 11) is 0. The minimum absolute atomic E-state index is 0.114. The zero-order chi connectivity index (χ0) is 23.7. The van der Waals surface area contributed by atoms with Gasteiger partial charge in [-0.05, 0) is 17.7 Å². The molecule has 0 radical (unpaired) electrons. The van der Waals surface area contributed by atoms with Crippen molar-refractivity contribution in [3.8, 4) is 0 Å². The summed E-state index contributed by atoms with van der Waals surface area (Å²) in [5.41, 5.74) is 11.4. The molecule has 13 heteroatoms. The monoisotopic (exact) mass is 470 g/mol. The summed E-state index contributed by atoms with van der Waals surface area (Å²) in [6, 6.07) is 8.00. The zero-order valence-corrected chi connectivity index (χ0v) is 18.2. The van der Waals surface area contributed by atoms with Crippen molar-refractivity contribution in [2.24, 2.45) is 5.10 Å². The van der Waals surface area contributed by atoms with Crippen LogP contribution in [0, 0.1) is 0 Å². The fourth-order valence-electron chi connectivity index (χ4n) is 4.04. The quantitative estimate of drug-likeness (QED) is 0.227. The van der Waals surface area contributed by atoms with Gasteiger partial charge in [-0.25, -0.2) is 10.4 Å². The minimum Gasteiger partial charge on any atom is -0.394 e. The highest BCUT2D eigenvalue weighted by Gasteiger charge is 2.44. The second kappa shape index (κ2) is 9.48. The number of nitrogens with one attached hydrogen (secondary N) is 1. The SMILES string of the molecule is Nc1nc(N/N=C/c2ccc(N3CCOCC3)cc2)nc2c1ncn2[C@@H]1O[C@H](CO)[C@@H](O)[C@H]1O. The van der Waals surface area contributed by atoms with E-state index in [2.05, 4.69) is 30.4 Å².